The average molecular weight is 872 g/mol. The second kappa shape index (κ2) is 23.9. The van der Waals surface area contributed by atoms with Gasteiger partial charge in [-0.25, -0.2) is 0 Å². The molecule has 47 heavy (non-hydrogen) atoms. The number of rotatable bonds is 23. The number of amides is 2. The summed E-state index contributed by atoms with van der Waals surface area (Å²) >= 11 is 9.74. The van der Waals surface area contributed by atoms with Gasteiger partial charge in [0.15, 0.2) is 0 Å². The zero-order chi connectivity index (χ0) is 36.9. The van der Waals surface area contributed by atoms with Gasteiger partial charge in [-0.1, -0.05) is 61.6 Å². The van der Waals surface area contributed by atoms with E-state index in [9.17, 15) is 24.0 Å². The molecule has 17 heteroatoms. The van der Waals surface area contributed by atoms with Crippen molar-refractivity contribution in [3.63, 3.8) is 0 Å². The Morgan fingerprint density at radius 1 is 0.617 bits per heavy atom. The second-order valence-corrected chi connectivity index (χ2v) is 17.7. The fourth-order valence-electron chi connectivity index (χ4n) is 2.82. The summed E-state index contributed by atoms with van der Waals surface area (Å²) in [5, 5.41) is 5.27. The molecule has 0 aromatic heterocycles. The quantitative estimate of drug-likeness (QED) is 0.0591. The number of carbonyl (C=O) groups excluding carboxylic acids is 5. The summed E-state index contributed by atoms with van der Waals surface area (Å²) in [6, 6.07) is -0.583. The lowest BCUT2D eigenvalue weighted by molar-refractivity contribution is -0.170. The maximum Gasteiger partial charge on any atom is 0.322 e. The monoisotopic (exact) mass is 869 g/mol. The Bertz CT molecular complexity index is 889. The highest BCUT2D eigenvalue weighted by Crippen LogP contribution is 2.27. The normalized spacial score (nSPS) is 12.6. The molecule has 0 aromatic rings. The van der Waals surface area contributed by atoms with Gasteiger partial charge in [0.2, 0.25) is 11.8 Å². The minimum atomic E-state index is -1.34. The predicted octanol–water partition coefficient (Wildman–Crippen LogP) is 2.78. The number of carbonyl (C=O) groups is 5. The molecule has 0 saturated carbocycles. The smallest absolute Gasteiger partial charge is 0.322 e. The Morgan fingerprint density at radius 2 is 0.979 bits per heavy atom. The number of alkyl halides is 3. The van der Waals surface area contributed by atoms with Crippen LogP contribution in [0.3, 0.4) is 0 Å². The van der Waals surface area contributed by atoms with Gasteiger partial charge in [0.25, 0.3) is 0 Å². The summed E-state index contributed by atoms with van der Waals surface area (Å²) in [7, 11) is 0. The first-order valence-corrected chi connectivity index (χ1v) is 17.6. The number of ether oxygens (including phenoxy) is 6. The van der Waals surface area contributed by atoms with E-state index in [1.807, 2.05) is 13.8 Å². The summed E-state index contributed by atoms with van der Waals surface area (Å²) in [5.41, 5.74) is 4.11. The van der Waals surface area contributed by atoms with E-state index in [4.69, 9.17) is 34.2 Å². The van der Waals surface area contributed by atoms with Crippen molar-refractivity contribution < 1.29 is 52.4 Å². The van der Waals surface area contributed by atoms with E-state index < -0.39 is 48.2 Å². The van der Waals surface area contributed by atoms with Gasteiger partial charge >= 0.3 is 17.9 Å². The standard InChI is InChI=1S/C28H48Br3N3O11.C2H6/c1-19(32)21(36)34-9-11-41-13-12-40-10-8-33-20(35)14-42-15-28(16-43-22(37)25(2,3)29,17-44-23(38)26(4,5)30)18-45-24(39)27(6,7)31;1-2/h19H,8-18,32H2,1-7H3,(H,33,35)(H,34,36);1-2H3. The largest absolute Gasteiger partial charge is 0.464 e. The lowest BCUT2D eigenvalue weighted by Crippen LogP contribution is -2.47. The van der Waals surface area contributed by atoms with Crippen LogP contribution in [0.4, 0.5) is 0 Å². The van der Waals surface area contributed by atoms with Crippen LogP contribution in [0.25, 0.3) is 0 Å². The lowest BCUT2D eigenvalue weighted by Gasteiger charge is -2.34. The first kappa shape index (κ1) is 47.7. The fraction of sp³-hybridized carbons (Fsp3) is 0.833. The number of nitrogens with one attached hydrogen (secondary N) is 2. The molecular weight excluding hydrogens is 818 g/mol. The van der Waals surface area contributed by atoms with Crippen LogP contribution in [0, 0.1) is 5.41 Å². The first-order chi connectivity index (χ1) is 21.6. The maximum absolute atomic E-state index is 12.6. The maximum atomic E-state index is 12.6. The highest BCUT2D eigenvalue weighted by molar-refractivity contribution is 9.10. The van der Waals surface area contributed by atoms with Crippen LogP contribution in [-0.4, -0.2) is 121 Å². The van der Waals surface area contributed by atoms with Crippen molar-refractivity contribution in [2.75, 3.05) is 72.6 Å². The Kier molecular flexibility index (Phi) is 24.3. The third-order valence-electron chi connectivity index (χ3n) is 5.53. The minimum absolute atomic E-state index is 0.200. The summed E-state index contributed by atoms with van der Waals surface area (Å²) < 4.78 is 29.9. The molecule has 0 radical (unpaired) electrons. The summed E-state index contributed by atoms with van der Waals surface area (Å²) in [4.78, 5) is 61.4. The zero-order valence-electron chi connectivity index (χ0n) is 29.1. The molecule has 0 heterocycles. The lowest BCUT2D eigenvalue weighted by atomic mass is 9.92. The number of hydrogen-bond donors (Lipinski definition) is 3. The van der Waals surface area contributed by atoms with Crippen molar-refractivity contribution in [2.45, 2.75) is 81.3 Å². The van der Waals surface area contributed by atoms with E-state index in [2.05, 4.69) is 58.4 Å². The molecule has 0 bridgehead atoms. The Hall–Kier alpha value is -1.37. The fourth-order valence-corrected chi connectivity index (χ4v) is 3.17. The third-order valence-corrected chi connectivity index (χ3v) is 6.50. The van der Waals surface area contributed by atoms with Gasteiger partial charge in [0.05, 0.1) is 44.5 Å². The SMILES string of the molecule is CC.CC(N)C(=O)NCCOCCOCCNC(=O)COCC(COC(=O)C(C)(C)Br)(COC(=O)C(C)(C)Br)COC(=O)C(C)(C)Br. The van der Waals surface area contributed by atoms with E-state index in [0.29, 0.717) is 19.8 Å². The molecule has 0 spiro atoms. The van der Waals surface area contributed by atoms with Gasteiger partial charge in [-0.2, -0.15) is 0 Å². The van der Waals surface area contributed by atoms with Gasteiger partial charge in [0, 0.05) is 13.1 Å². The molecule has 14 nitrogen and oxygen atoms in total. The van der Waals surface area contributed by atoms with Crippen LogP contribution in [-0.2, 0) is 52.4 Å². The molecule has 0 aliphatic heterocycles. The molecule has 1 atom stereocenters. The highest BCUT2D eigenvalue weighted by Gasteiger charge is 2.41. The third kappa shape index (κ3) is 23.6. The molecule has 2 amide bonds. The van der Waals surface area contributed by atoms with E-state index in [0.717, 1.165) is 0 Å². The molecular formula is C30H54Br3N3O11. The van der Waals surface area contributed by atoms with Gasteiger partial charge in [0.1, 0.15) is 39.4 Å². The van der Waals surface area contributed by atoms with Crippen molar-refractivity contribution in [1.29, 1.82) is 0 Å². The van der Waals surface area contributed by atoms with Crippen molar-refractivity contribution >= 4 is 77.5 Å². The van der Waals surface area contributed by atoms with Crippen molar-refractivity contribution in [3.05, 3.63) is 0 Å². The number of nitrogens with two attached hydrogens (primary N) is 1. The predicted molar refractivity (Wildman–Crippen MR) is 188 cm³/mol. The molecule has 0 aromatic carbocycles. The van der Waals surface area contributed by atoms with Gasteiger partial charge in [-0.05, 0) is 48.5 Å². The number of hydrogen-bond acceptors (Lipinski definition) is 12. The van der Waals surface area contributed by atoms with Crippen LogP contribution in [0.1, 0.15) is 62.3 Å². The number of halogens is 3. The topological polar surface area (TPSA) is 191 Å². The summed E-state index contributed by atoms with van der Waals surface area (Å²) in [5.74, 6) is -2.54. The van der Waals surface area contributed by atoms with Crippen LogP contribution >= 0.6 is 47.8 Å². The minimum Gasteiger partial charge on any atom is -0.464 e. The van der Waals surface area contributed by atoms with Gasteiger partial charge in [-0.15, -0.1) is 0 Å². The molecule has 0 rings (SSSR count). The Labute approximate surface area is 304 Å². The molecule has 0 aliphatic carbocycles. The van der Waals surface area contributed by atoms with Crippen molar-refractivity contribution in [3.8, 4) is 0 Å². The van der Waals surface area contributed by atoms with Gasteiger partial charge < -0.3 is 44.8 Å². The first-order valence-electron chi connectivity index (χ1n) is 15.2. The van der Waals surface area contributed by atoms with E-state index in [1.54, 1.807) is 48.5 Å². The Balaban J connectivity index is 0. The summed E-state index contributed by atoms with van der Waals surface area (Å²) in [6.07, 6.45) is 0. The molecule has 0 saturated heterocycles. The van der Waals surface area contributed by atoms with Crippen LogP contribution in [0.5, 0.6) is 0 Å². The van der Waals surface area contributed by atoms with E-state index in [1.165, 1.54) is 0 Å². The number of esters is 3. The molecule has 276 valence electrons. The van der Waals surface area contributed by atoms with Crippen LogP contribution < -0.4 is 16.4 Å². The molecule has 0 fully saturated rings. The van der Waals surface area contributed by atoms with Gasteiger partial charge in [-0.3, -0.25) is 24.0 Å². The second-order valence-electron chi connectivity index (χ2n) is 11.8. The summed E-state index contributed by atoms with van der Waals surface area (Å²) in [6.45, 7) is 15.2. The van der Waals surface area contributed by atoms with E-state index in [-0.39, 0.29) is 58.7 Å². The van der Waals surface area contributed by atoms with Crippen LogP contribution in [0.15, 0.2) is 0 Å². The molecule has 4 N–H and O–H groups in total. The molecule has 1 unspecified atom stereocenters. The van der Waals surface area contributed by atoms with Crippen molar-refractivity contribution in [1.82, 2.24) is 10.6 Å². The zero-order valence-corrected chi connectivity index (χ0v) is 33.8. The van der Waals surface area contributed by atoms with E-state index >= 15 is 0 Å². The highest BCUT2D eigenvalue weighted by atomic mass is 79.9. The van der Waals surface area contributed by atoms with Crippen LogP contribution in [0.2, 0.25) is 0 Å². The molecule has 0 aliphatic rings. The average Bonchev–Trinajstić information content (AvgIpc) is 2.97. The van der Waals surface area contributed by atoms with Crippen molar-refractivity contribution in [2.24, 2.45) is 11.1 Å². The Morgan fingerprint density at radius 3 is 1.32 bits per heavy atom.